The third-order valence-corrected chi connectivity index (χ3v) is 2.99. The average molecular weight is 340 g/mol. The van der Waals surface area contributed by atoms with Gasteiger partial charge in [0.25, 0.3) is 0 Å². The minimum Gasteiger partial charge on any atom is -0.310 e. The molecule has 128 valence electrons. The fourth-order valence-corrected chi connectivity index (χ4v) is 1.89. The number of methoxy groups -OCH3 is 1. The molecule has 23 heavy (non-hydrogen) atoms. The summed E-state index contributed by atoms with van der Waals surface area (Å²) < 4.78 is 81.5. The summed E-state index contributed by atoms with van der Waals surface area (Å²) in [6, 6.07) is 0. The van der Waals surface area contributed by atoms with E-state index in [0.29, 0.717) is 0 Å². The highest BCUT2D eigenvalue weighted by Crippen LogP contribution is 2.33. The molecule has 0 amide bonds. The number of hydrogen-bond donors (Lipinski definition) is 0. The van der Waals surface area contributed by atoms with Gasteiger partial charge in [-0.25, -0.2) is 22.0 Å². The Kier molecular flexibility index (Phi) is 4.69. The standard InChI is InChI=1S/C13H13F5N2O3/c1-12(2)19-20-13(21-3,23-12)22-5-4-6-7(14)9(16)11(18)10(17)8(6)15/h4-5H2,1-3H3. The third kappa shape index (κ3) is 3.33. The monoisotopic (exact) mass is 340 g/mol. The zero-order valence-corrected chi connectivity index (χ0v) is 12.4. The van der Waals surface area contributed by atoms with E-state index in [1.807, 2.05) is 0 Å². The van der Waals surface area contributed by atoms with E-state index in [4.69, 9.17) is 14.2 Å². The van der Waals surface area contributed by atoms with Crippen LogP contribution < -0.4 is 0 Å². The molecule has 0 aromatic heterocycles. The molecule has 1 aliphatic heterocycles. The molecule has 0 radical (unpaired) electrons. The van der Waals surface area contributed by atoms with Gasteiger partial charge in [0.05, 0.1) is 6.61 Å². The largest absolute Gasteiger partial charge is 0.414 e. The first kappa shape index (κ1) is 17.7. The Balaban J connectivity index is 2.12. The number of nitrogens with zero attached hydrogens (tertiary/aromatic N) is 2. The molecule has 1 aromatic carbocycles. The first-order valence-electron chi connectivity index (χ1n) is 6.46. The van der Waals surface area contributed by atoms with E-state index in [1.165, 1.54) is 7.11 Å². The van der Waals surface area contributed by atoms with E-state index >= 15 is 0 Å². The Bertz CT molecular complexity index is 624. The van der Waals surface area contributed by atoms with Crippen molar-refractivity contribution in [1.82, 2.24) is 0 Å². The summed E-state index contributed by atoms with van der Waals surface area (Å²) in [5, 5.41) is 7.35. The number of hydrogen-bond acceptors (Lipinski definition) is 5. The lowest BCUT2D eigenvalue weighted by Gasteiger charge is -2.25. The maximum Gasteiger partial charge on any atom is 0.414 e. The number of rotatable bonds is 5. The van der Waals surface area contributed by atoms with Crippen LogP contribution in [-0.2, 0) is 20.6 Å². The second-order valence-electron chi connectivity index (χ2n) is 5.12. The van der Waals surface area contributed by atoms with Crippen molar-refractivity contribution in [3.63, 3.8) is 0 Å². The lowest BCUT2D eigenvalue weighted by molar-refractivity contribution is -0.375. The summed E-state index contributed by atoms with van der Waals surface area (Å²) in [4.78, 5) is 0. The number of benzene rings is 1. The molecule has 5 nitrogen and oxygen atoms in total. The van der Waals surface area contributed by atoms with Crippen molar-refractivity contribution in [2.45, 2.75) is 32.1 Å². The Labute approximate surface area is 128 Å². The van der Waals surface area contributed by atoms with E-state index in [9.17, 15) is 22.0 Å². The maximum absolute atomic E-state index is 13.5. The molecular formula is C13H13F5N2O3. The molecule has 0 aliphatic carbocycles. The molecule has 1 atom stereocenters. The molecule has 1 aliphatic rings. The van der Waals surface area contributed by atoms with Crippen LogP contribution in [0, 0.1) is 29.1 Å². The van der Waals surface area contributed by atoms with Crippen molar-refractivity contribution in [3.05, 3.63) is 34.6 Å². The van der Waals surface area contributed by atoms with Crippen LogP contribution in [-0.4, -0.2) is 25.5 Å². The lowest BCUT2D eigenvalue weighted by atomic mass is 10.1. The topological polar surface area (TPSA) is 52.4 Å². The minimum atomic E-state index is -2.22. The van der Waals surface area contributed by atoms with Gasteiger partial charge in [-0.3, -0.25) is 4.74 Å². The molecule has 10 heteroatoms. The van der Waals surface area contributed by atoms with Gasteiger partial charge in [0.15, 0.2) is 29.0 Å². The highest BCUT2D eigenvalue weighted by Gasteiger charge is 2.45. The average Bonchev–Trinajstić information content (AvgIpc) is 2.82. The Morgan fingerprint density at radius 3 is 1.87 bits per heavy atom. The highest BCUT2D eigenvalue weighted by molar-refractivity contribution is 5.24. The zero-order valence-electron chi connectivity index (χ0n) is 12.4. The molecule has 0 spiro atoms. The van der Waals surface area contributed by atoms with Crippen LogP contribution in [0.5, 0.6) is 0 Å². The second kappa shape index (κ2) is 6.10. The molecule has 0 N–H and O–H groups in total. The summed E-state index contributed by atoms with van der Waals surface area (Å²) in [5.74, 6) is -10.1. The highest BCUT2D eigenvalue weighted by atomic mass is 19.2. The van der Waals surface area contributed by atoms with E-state index in [1.54, 1.807) is 13.8 Å². The lowest BCUT2D eigenvalue weighted by Crippen LogP contribution is -2.38. The van der Waals surface area contributed by atoms with E-state index < -0.39 is 59.5 Å². The van der Waals surface area contributed by atoms with Crippen LogP contribution in [0.1, 0.15) is 19.4 Å². The summed E-state index contributed by atoms with van der Waals surface area (Å²) in [7, 11) is 1.19. The molecule has 1 heterocycles. The van der Waals surface area contributed by atoms with Gasteiger partial charge in [-0.15, -0.1) is 0 Å². The van der Waals surface area contributed by atoms with Gasteiger partial charge in [-0.2, -0.15) is 5.11 Å². The molecule has 1 unspecified atom stereocenters. The third-order valence-electron chi connectivity index (χ3n) is 2.99. The smallest absolute Gasteiger partial charge is 0.310 e. The molecule has 0 fully saturated rings. The summed E-state index contributed by atoms with van der Waals surface area (Å²) in [6.07, 6.45) is -2.54. The quantitative estimate of drug-likeness (QED) is 0.357. The molecule has 2 rings (SSSR count). The van der Waals surface area contributed by atoms with Crippen LogP contribution in [0.15, 0.2) is 10.2 Å². The summed E-state index contributed by atoms with van der Waals surface area (Å²) >= 11 is 0. The van der Waals surface area contributed by atoms with Crippen LogP contribution in [0.2, 0.25) is 0 Å². The molecule has 0 saturated heterocycles. The number of halogens is 5. The predicted molar refractivity (Wildman–Crippen MR) is 65.6 cm³/mol. The van der Waals surface area contributed by atoms with Crippen molar-refractivity contribution in [1.29, 1.82) is 0 Å². The normalized spacial score (nSPS) is 22.8. The summed E-state index contributed by atoms with van der Waals surface area (Å²) in [6.45, 7) is 2.64. The molecule has 0 saturated carbocycles. The maximum atomic E-state index is 13.5. The van der Waals surface area contributed by atoms with Gasteiger partial charge < -0.3 is 9.47 Å². The first-order chi connectivity index (χ1) is 10.6. The molecule has 0 bridgehead atoms. The van der Waals surface area contributed by atoms with Crippen molar-refractivity contribution in [2.24, 2.45) is 10.2 Å². The minimum absolute atomic E-state index is 0.485. The van der Waals surface area contributed by atoms with Gasteiger partial charge in [-0.05, 0) is 13.8 Å². The molecule has 1 aromatic rings. The number of azo groups is 1. The van der Waals surface area contributed by atoms with Crippen LogP contribution in [0.25, 0.3) is 0 Å². The SMILES string of the molecule is COC1(OCCc2c(F)c(F)c(F)c(F)c2F)N=NC(C)(C)O1. The van der Waals surface area contributed by atoms with Crippen molar-refractivity contribution < 1.29 is 36.2 Å². The van der Waals surface area contributed by atoms with E-state index in [0.717, 1.165) is 0 Å². The first-order valence-corrected chi connectivity index (χ1v) is 6.46. The van der Waals surface area contributed by atoms with Gasteiger partial charge >= 0.3 is 6.10 Å². The van der Waals surface area contributed by atoms with Gasteiger partial charge in [0, 0.05) is 19.1 Å². The molecular weight excluding hydrogens is 327 g/mol. The predicted octanol–water partition coefficient (Wildman–Crippen LogP) is 3.42. The fourth-order valence-electron chi connectivity index (χ4n) is 1.89. The van der Waals surface area contributed by atoms with Crippen LogP contribution >= 0.6 is 0 Å². The summed E-state index contributed by atoms with van der Waals surface area (Å²) in [5.41, 5.74) is -2.04. The van der Waals surface area contributed by atoms with Crippen molar-refractivity contribution in [2.75, 3.05) is 13.7 Å². The van der Waals surface area contributed by atoms with E-state index in [-0.39, 0.29) is 0 Å². The van der Waals surface area contributed by atoms with Crippen molar-refractivity contribution >= 4 is 0 Å². The zero-order chi connectivity index (χ0) is 17.4. The number of ether oxygens (including phenoxy) is 3. The van der Waals surface area contributed by atoms with E-state index in [2.05, 4.69) is 10.2 Å². The Morgan fingerprint density at radius 2 is 1.43 bits per heavy atom. The van der Waals surface area contributed by atoms with Crippen LogP contribution in [0.4, 0.5) is 22.0 Å². The van der Waals surface area contributed by atoms with Gasteiger partial charge in [-0.1, -0.05) is 5.11 Å². The van der Waals surface area contributed by atoms with Gasteiger partial charge in [0.1, 0.15) is 0 Å². The van der Waals surface area contributed by atoms with Gasteiger partial charge in [0.2, 0.25) is 5.82 Å². The van der Waals surface area contributed by atoms with Crippen molar-refractivity contribution in [3.8, 4) is 0 Å². The second-order valence-corrected chi connectivity index (χ2v) is 5.12. The Morgan fingerprint density at radius 1 is 0.913 bits per heavy atom. The Hall–Kier alpha value is -1.65. The van der Waals surface area contributed by atoms with Crippen LogP contribution in [0.3, 0.4) is 0 Å². The fraction of sp³-hybridized carbons (Fsp3) is 0.538.